The Hall–Kier alpha value is -1.86. The summed E-state index contributed by atoms with van der Waals surface area (Å²) in [6.07, 6.45) is 0.385. The summed E-state index contributed by atoms with van der Waals surface area (Å²) in [5.41, 5.74) is 8.01. The summed E-state index contributed by atoms with van der Waals surface area (Å²) in [5.74, 6) is 0.0280. The average molecular weight is 215 g/mol. The van der Waals surface area contributed by atoms with Crippen molar-refractivity contribution in [3.05, 3.63) is 29.3 Å². The summed E-state index contributed by atoms with van der Waals surface area (Å²) in [7, 11) is 0. The van der Waals surface area contributed by atoms with Crippen molar-refractivity contribution in [2.75, 3.05) is 11.4 Å². The molecule has 4 nitrogen and oxygen atoms in total. The van der Waals surface area contributed by atoms with Crippen LogP contribution in [0.2, 0.25) is 0 Å². The third-order valence-corrected chi connectivity index (χ3v) is 2.81. The number of aryl methyl sites for hydroxylation is 1. The zero-order chi connectivity index (χ0) is 11.7. The molecule has 82 valence electrons. The Kier molecular flexibility index (Phi) is 2.63. The largest absolute Gasteiger partial charge is 0.326 e. The van der Waals surface area contributed by atoms with Gasteiger partial charge in [-0.15, -0.1) is 0 Å². The van der Waals surface area contributed by atoms with E-state index in [1.807, 2.05) is 19.1 Å². The van der Waals surface area contributed by atoms with E-state index in [4.69, 9.17) is 11.0 Å². The van der Waals surface area contributed by atoms with Crippen molar-refractivity contribution in [2.45, 2.75) is 19.4 Å². The molecule has 0 radical (unpaired) electrons. The first-order valence-electron chi connectivity index (χ1n) is 5.18. The van der Waals surface area contributed by atoms with Crippen LogP contribution in [-0.4, -0.2) is 18.5 Å². The Labute approximate surface area is 94.3 Å². The Morgan fingerprint density at radius 3 is 2.88 bits per heavy atom. The van der Waals surface area contributed by atoms with E-state index in [0.29, 0.717) is 18.5 Å². The molecule has 1 unspecified atom stereocenters. The third kappa shape index (κ3) is 1.77. The second-order valence-electron chi connectivity index (χ2n) is 4.08. The molecule has 1 heterocycles. The van der Waals surface area contributed by atoms with Crippen molar-refractivity contribution in [2.24, 2.45) is 5.73 Å². The van der Waals surface area contributed by atoms with Gasteiger partial charge in [0.2, 0.25) is 5.91 Å². The highest BCUT2D eigenvalue weighted by Crippen LogP contribution is 2.23. The zero-order valence-corrected chi connectivity index (χ0v) is 9.10. The van der Waals surface area contributed by atoms with Crippen LogP contribution in [0, 0.1) is 18.3 Å². The number of hydrogen-bond acceptors (Lipinski definition) is 3. The molecule has 4 heteroatoms. The lowest BCUT2D eigenvalue weighted by molar-refractivity contribution is -0.117. The lowest BCUT2D eigenvalue weighted by Crippen LogP contribution is -2.28. The maximum absolute atomic E-state index is 11.6. The molecule has 0 saturated carbocycles. The van der Waals surface area contributed by atoms with Gasteiger partial charge < -0.3 is 10.6 Å². The Bertz CT molecular complexity index is 476. The summed E-state index contributed by atoms with van der Waals surface area (Å²) in [6.45, 7) is 2.41. The molecule has 2 N–H and O–H groups in total. The molecule has 0 aliphatic carbocycles. The maximum Gasteiger partial charge on any atom is 0.228 e. The minimum absolute atomic E-state index is 0.0280. The Balaban J connectivity index is 2.35. The predicted octanol–water partition coefficient (Wildman–Crippen LogP) is 0.931. The van der Waals surface area contributed by atoms with Gasteiger partial charge in [-0.3, -0.25) is 4.79 Å². The van der Waals surface area contributed by atoms with Crippen LogP contribution < -0.4 is 10.6 Å². The van der Waals surface area contributed by atoms with Gasteiger partial charge in [0.05, 0.1) is 11.6 Å². The highest BCUT2D eigenvalue weighted by molar-refractivity contribution is 5.96. The van der Waals surface area contributed by atoms with Crippen LogP contribution in [0.4, 0.5) is 5.69 Å². The first-order valence-corrected chi connectivity index (χ1v) is 5.18. The lowest BCUT2D eigenvalue weighted by atomic mass is 10.1. The quantitative estimate of drug-likeness (QED) is 0.757. The fourth-order valence-corrected chi connectivity index (χ4v) is 1.88. The van der Waals surface area contributed by atoms with Gasteiger partial charge in [0, 0.05) is 24.7 Å². The van der Waals surface area contributed by atoms with E-state index in [-0.39, 0.29) is 11.9 Å². The number of carbonyl (C=O) groups excluding carboxylic acids is 1. The monoisotopic (exact) mass is 215 g/mol. The SMILES string of the molecule is Cc1ccc(N2CC(N)CC2=O)cc1C#N. The van der Waals surface area contributed by atoms with Gasteiger partial charge in [0.15, 0.2) is 0 Å². The molecule has 1 amide bonds. The first-order chi connectivity index (χ1) is 7.61. The fourth-order valence-electron chi connectivity index (χ4n) is 1.88. The lowest BCUT2D eigenvalue weighted by Gasteiger charge is -2.16. The molecule has 0 aromatic heterocycles. The van der Waals surface area contributed by atoms with Gasteiger partial charge >= 0.3 is 0 Å². The summed E-state index contributed by atoms with van der Waals surface area (Å²) in [5, 5.41) is 8.93. The number of nitriles is 1. The minimum atomic E-state index is -0.0978. The molecular weight excluding hydrogens is 202 g/mol. The standard InChI is InChI=1S/C12H13N3O/c1-8-2-3-11(4-9(8)6-13)15-7-10(14)5-12(15)16/h2-4,10H,5,7,14H2,1H3. The van der Waals surface area contributed by atoms with E-state index >= 15 is 0 Å². The molecule has 1 aromatic carbocycles. The van der Waals surface area contributed by atoms with Gasteiger partial charge in [0.25, 0.3) is 0 Å². The van der Waals surface area contributed by atoms with E-state index in [1.165, 1.54) is 0 Å². The molecule has 1 aliphatic rings. The third-order valence-electron chi connectivity index (χ3n) is 2.81. The van der Waals surface area contributed by atoms with E-state index in [2.05, 4.69) is 6.07 Å². The van der Waals surface area contributed by atoms with Crippen LogP contribution in [0.25, 0.3) is 0 Å². The van der Waals surface area contributed by atoms with Gasteiger partial charge in [-0.05, 0) is 24.6 Å². The summed E-state index contributed by atoms with van der Waals surface area (Å²) >= 11 is 0. The van der Waals surface area contributed by atoms with Crippen LogP contribution >= 0.6 is 0 Å². The van der Waals surface area contributed by atoms with Crippen LogP contribution in [0.15, 0.2) is 18.2 Å². The minimum Gasteiger partial charge on any atom is -0.326 e. The van der Waals surface area contributed by atoms with Crippen LogP contribution in [0.3, 0.4) is 0 Å². The van der Waals surface area contributed by atoms with Crippen molar-refractivity contribution in [3.8, 4) is 6.07 Å². The van der Waals surface area contributed by atoms with Gasteiger partial charge in [-0.2, -0.15) is 5.26 Å². The van der Waals surface area contributed by atoms with Crippen molar-refractivity contribution in [3.63, 3.8) is 0 Å². The molecule has 1 aliphatic heterocycles. The summed E-state index contributed by atoms with van der Waals surface area (Å²) < 4.78 is 0. The topological polar surface area (TPSA) is 70.1 Å². The highest BCUT2D eigenvalue weighted by atomic mass is 16.2. The van der Waals surface area contributed by atoms with Gasteiger partial charge in [-0.1, -0.05) is 6.07 Å². The molecular formula is C12H13N3O. The first kappa shape index (κ1) is 10.7. The molecule has 1 fully saturated rings. The molecule has 0 bridgehead atoms. The fraction of sp³-hybridized carbons (Fsp3) is 0.333. The number of benzene rings is 1. The average Bonchev–Trinajstić information content (AvgIpc) is 2.59. The van der Waals surface area contributed by atoms with Gasteiger partial charge in [-0.25, -0.2) is 0 Å². The van der Waals surface area contributed by atoms with Crippen LogP contribution in [-0.2, 0) is 4.79 Å². The Morgan fingerprint density at radius 1 is 1.56 bits per heavy atom. The van der Waals surface area contributed by atoms with Crippen molar-refractivity contribution >= 4 is 11.6 Å². The van der Waals surface area contributed by atoms with E-state index in [9.17, 15) is 4.79 Å². The zero-order valence-electron chi connectivity index (χ0n) is 9.10. The predicted molar refractivity (Wildman–Crippen MR) is 60.8 cm³/mol. The van der Waals surface area contributed by atoms with E-state index in [0.717, 1.165) is 11.3 Å². The normalized spacial score (nSPS) is 19.9. The number of carbonyl (C=O) groups is 1. The van der Waals surface area contributed by atoms with Crippen molar-refractivity contribution < 1.29 is 4.79 Å². The molecule has 16 heavy (non-hydrogen) atoms. The summed E-state index contributed by atoms with van der Waals surface area (Å²) in [4.78, 5) is 13.3. The number of hydrogen-bond donors (Lipinski definition) is 1. The second-order valence-corrected chi connectivity index (χ2v) is 4.08. The molecule has 1 atom stereocenters. The maximum atomic E-state index is 11.6. The number of anilines is 1. The molecule has 1 aromatic rings. The van der Waals surface area contributed by atoms with E-state index < -0.39 is 0 Å². The van der Waals surface area contributed by atoms with Crippen LogP contribution in [0.1, 0.15) is 17.5 Å². The molecule has 2 rings (SSSR count). The second kappa shape index (κ2) is 3.95. The Morgan fingerprint density at radius 2 is 2.31 bits per heavy atom. The van der Waals surface area contributed by atoms with Crippen molar-refractivity contribution in [1.29, 1.82) is 5.26 Å². The smallest absolute Gasteiger partial charge is 0.228 e. The van der Waals surface area contributed by atoms with Gasteiger partial charge in [0.1, 0.15) is 0 Å². The van der Waals surface area contributed by atoms with E-state index in [1.54, 1.807) is 11.0 Å². The number of amides is 1. The number of nitrogens with zero attached hydrogens (tertiary/aromatic N) is 2. The molecule has 1 saturated heterocycles. The molecule has 0 spiro atoms. The summed E-state index contributed by atoms with van der Waals surface area (Å²) in [6, 6.07) is 7.46. The van der Waals surface area contributed by atoms with Crippen LogP contribution in [0.5, 0.6) is 0 Å². The highest BCUT2D eigenvalue weighted by Gasteiger charge is 2.28. The number of rotatable bonds is 1. The number of nitrogens with two attached hydrogens (primary N) is 1. The van der Waals surface area contributed by atoms with Crippen molar-refractivity contribution in [1.82, 2.24) is 0 Å².